The molecule has 1 aliphatic heterocycles. The largest absolute Gasteiger partial charge is 0.350 e. The lowest BCUT2D eigenvalue weighted by atomic mass is 10.1. The standard InChI is InChI=1S/C10H19ClO2/c1-3-9-7-8(2)12-10(13-9)5-4-6-11/h8-10H,3-7H2,1-2H3. The van der Waals surface area contributed by atoms with Gasteiger partial charge >= 0.3 is 0 Å². The highest BCUT2D eigenvalue weighted by Gasteiger charge is 2.25. The molecule has 1 rings (SSSR count). The van der Waals surface area contributed by atoms with Crippen LogP contribution in [0.1, 0.15) is 39.5 Å². The van der Waals surface area contributed by atoms with Crippen LogP contribution in [0.15, 0.2) is 0 Å². The normalized spacial score (nSPS) is 34.8. The van der Waals surface area contributed by atoms with Crippen molar-refractivity contribution in [2.45, 2.75) is 58.0 Å². The molecule has 0 amide bonds. The average Bonchev–Trinajstić information content (AvgIpc) is 2.14. The molecule has 0 bridgehead atoms. The van der Waals surface area contributed by atoms with Crippen LogP contribution in [0.3, 0.4) is 0 Å². The molecule has 13 heavy (non-hydrogen) atoms. The molecule has 0 aliphatic carbocycles. The highest BCUT2D eigenvalue weighted by atomic mass is 35.5. The van der Waals surface area contributed by atoms with Gasteiger partial charge in [0.1, 0.15) is 0 Å². The van der Waals surface area contributed by atoms with Crippen molar-refractivity contribution in [3.63, 3.8) is 0 Å². The third-order valence-corrected chi connectivity index (χ3v) is 2.62. The van der Waals surface area contributed by atoms with Gasteiger partial charge < -0.3 is 9.47 Å². The van der Waals surface area contributed by atoms with Crippen LogP contribution in [0.5, 0.6) is 0 Å². The average molecular weight is 207 g/mol. The molecule has 0 spiro atoms. The van der Waals surface area contributed by atoms with E-state index in [0.717, 1.165) is 25.7 Å². The molecule has 78 valence electrons. The summed E-state index contributed by atoms with van der Waals surface area (Å²) in [6.45, 7) is 4.26. The number of hydrogen-bond acceptors (Lipinski definition) is 2. The number of ether oxygens (including phenoxy) is 2. The van der Waals surface area contributed by atoms with Gasteiger partial charge in [-0.15, -0.1) is 11.6 Å². The Morgan fingerprint density at radius 1 is 1.38 bits per heavy atom. The van der Waals surface area contributed by atoms with Crippen molar-refractivity contribution in [3.05, 3.63) is 0 Å². The van der Waals surface area contributed by atoms with Gasteiger partial charge in [0.15, 0.2) is 6.29 Å². The first-order valence-electron chi connectivity index (χ1n) is 5.13. The molecule has 0 aromatic carbocycles. The highest BCUT2D eigenvalue weighted by molar-refractivity contribution is 6.17. The van der Waals surface area contributed by atoms with E-state index in [-0.39, 0.29) is 6.29 Å². The summed E-state index contributed by atoms with van der Waals surface area (Å²) in [5.41, 5.74) is 0. The van der Waals surface area contributed by atoms with E-state index in [1.807, 2.05) is 0 Å². The minimum atomic E-state index is -0.0209. The molecule has 0 N–H and O–H groups in total. The van der Waals surface area contributed by atoms with Gasteiger partial charge in [0.2, 0.25) is 0 Å². The Balaban J connectivity index is 2.29. The van der Waals surface area contributed by atoms with E-state index >= 15 is 0 Å². The van der Waals surface area contributed by atoms with Gasteiger partial charge in [-0.3, -0.25) is 0 Å². The van der Waals surface area contributed by atoms with Crippen molar-refractivity contribution in [1.29, 1.82) is 0 Å². The second-order valence-electron chi connectivity index (χ2n) is 3.61. The monoisotopic (exact) mass is 206 g/mol. The van der Waals surface area contributed by atoms with Crippen LogP contribution < -0.4 is 0 Å². The summed E-state index contributed by atoms with van der Waals surface area (Å²) in [6.07, 6.45) is 4.68. The smallest absolute Gasteiger partial charge is 0.158 e. The fourth-order valence-electron chi connectivity index (χ4n) is 1.63. The molecule has 1 heterocycles. The number of halogens is 1. The van der Waals surface area contributed by atoms with E-state index < -0.39 is 0 Å². The zero-order chi connectivity index (χ0) is 9.68. The predicted molar refractivity (Wildman–Crippen MR) is 54.1 cm³/mol. The summed E-state index contributed by atoms with van der Waals surface area (Å²) >= 11 is 5.62. The maximum Gasteiger partial charge on any atom is 0.158 e. The molecule has 3 heteroatoms. The first-order valence-corrected chi connectivity index (χ1v) is 5.66. The number of hydrogen-bond donors (Lipinski definition) is 0. The van der Waals surface area contributed by atoms with Crippen molar-refractivity contribution in [2.75, 3.05) is 5.88 Å². The topological polar surface area (TPSA) is 18.5 Å². The van der Waals surface area contributed by atoms with Crippen LogP contribution in [0.2, 0.25) is 0 Å². The highest BCUT2D eigenvalue weighted by Crippen LogP contribution is 2.22. The molecule has 0 saturated carbocycles. The summed E-state index contributed by atoms with van der Waals surface area (Å²) in [5.74, 6) is 0.689. The first-order chi connectivity index (χ1) is 6.26. The molecule has 1 aliphatic rings. The fourth-order valence-corrected chi connectivity index (χ4v) is 1.78. The predicted octanol–water partition coefficient (Wildman–Crippen LogP) is 2.94. The molecule has 1 fully saturated rings. The minimum Gasteiger partial charge on any atom is -0.350 e. The Kier molecular flexibility index (Phi) is 5.07. The van der Waals surface area contributed by atoms with Gasteiger partial charge in [-0.05, 0) is 32.6 Å². The van der Waals surface area contributed by atoms with Gasteiger partial charge in [0, 0.05) is 5.88 Å². The molecule has 1 saturated heterocycles. The molecule has 3 atom stereocenters. The zero-order valence-corrected chi connectivity index (χ0v) is 9.22. The van der Waals surface area contributed by atoms with Gasteiger partial charge in [0.25, 0.3) is 0 Å². The third-order valence-electron chi connectivity index (χ3n) is 2.35. The van der Waals surface area contributed by atoms with Gasteiger partial charge in [-0.2, -0.15) is 0 Å². The van der Waals surface area contributed by atoms with Gasteiger partial charge in [0.05, 0.1) is 12.2 Å². The van der Waals surface area contributed by atoms with Crippen LogP contribution in [0.4, 0.5) is 0 Å². The fraction of sp³-hybridized carbons (Fsp3) is 1.00. The van der Waals surface area contributed by atoms with E-state index in [2.05, 4.69) is 13.8 Å². The first kappa shape index (κ1) is 11.3. The Hall–Kier alpha value is 0.210. The summed E-state index contributed by atoms with van der Waals surface area (Å²) in [6, 6.07) is 0. The van der Waals surface area contributed by atoms with E-state index in [1.54, 1.807) is 0 Å². The molecule has 0 aromatic rings. The number of alkyl halides is 1. The van der Waals surface area contributed by atoms with E-state index in [0.29, 0.717) is 18.1 Å². The maximum absolute atomic E-state index is 5.73. The second kappa shape index (κ2) is 5.84. The number of rotatable bonds is 4. The Bertz CT molecular complexity index is 141. The summed E-state index contributed by atoms with van der Waals surface area (Å²) in [5, 5.41) is 0. The van der Waals surface area contributed by atoms with Crippen LogP contribution in [-0.4, -0.2) is 24.4 Å². The molecular weight excluding hydrogens is 188 g/mol. The van der Waals surface area contributed by atoms with E-state index in [1.165, 1.54) is 0 Å². The lowest BCUT2D eigenvalue weighted by molar-refractivity contribution is -0.240. The minimum absolute atomic E-state index is 0.0209. The van der Waals surface area contributed by atoms with E-state index in [9.17, 15) is 0 Å². The van der Waals surface area contributed by atoms with Crippen LogP contribution >= 0.6 is 11.6 Å². The molecule has 0 radical (unpaired) electrons. The van der Waals surface area contributed by atoms with Crippen LogP contribution in [-0.2, 0) is 9.47 Å². The molecule has 0 aromatic heterocycles. The zero-order valence-electron chi connectivity index (χ0n) is 8.46. The summed E-state index contributed by atoms with van der Waals surface area (Å²) < 4.78 is 11.4. The lowest BCUT2D eigenvalue weighted by Gasteiger charge is -2.33. The van der Waals surface area contributed by atoms with E-state index in [4.69, 9.17) is 21.1 Å². The quantitative estimate of drug-likeness (QED) is 0.659. The van der Waals surface area contributed by atoms with Crippen molar-refractivity contribution < 1.29 is 9.47 Å². The third kappa shape index (κ3) is 3.84. The van der Waals surface area contributed by atoms with Crippen molar-refractivity contribution in [1.82, 2.24) is 0 Å². The van der Waals surface area contributed by atoms with Crippen LogP contribution in [0.25, 0.3) is 0 Å². The lowest BCUT2D eigenvalue weighted by Crippen LogP contribution is -2.36. The van der Waals surface area contributed by atoms with Gasteiger partial charge in [-0.1, -0.05) is 6.92 Å². The van der Waals surface area contributed by atoms with Crippen molar-refractivity contribution >= 4 is 11.6 Å². The maximum atomic E-state index is 5.73. The molecular formula is C10H19ClO2. The Labute approximate surface area is 85.5 Å². The van der Waals surface area contributed by atoms with Crippen molar-refractivity contribution in [2.24, 2.45) is 0 Å². The SMILES string of the molecule is CCC1CC(C)OC(CCCCl)O1. The van der Waals surface area contributed by atoms with Crippen molar-refractivity contribution in [3.8, 4) is 0 Å². The second-order valence-corrected chi connectivity index (χ2v) is 3.99. The summed E-state index contributed by atoms with van der Waals surface area (Å²) in [7, 11) is 0. The van der Waals surface area contributed by atoms with Crippen LogP contribution in [0, 0.1) is 0 Å². The Morgan fingerprint density at radius 2 is 2.15 bits per heavy atom. The van der Waals surface area contributed by atoms with Gasteiger partial charge in [-0.25, -0.2) is 0 Å². The summed E-state index contributed by atoms with van der Waals surface area (Å²) in [4.78, 5) is 0. The molecule has 2 nitrogen and oxygen atoms in total. The Morgan fingerprint density at radius 3 is 2.77 bits per heavy atom. The molecule has 3 unspecified atom stereocenters.